The highest BCUT2D eigenvalue weighted by molar-refractivity contribution is 7.99. The van der Waals surface area contributed by atoms with Crippen LogP contribution in [0, 0.1) is 0 Å². The highest BCUT2D eigenvalue weighted by atomic mass is 35.5. The Hall–Kier alpha value is -2.72. The van der Waals surface area contributed by atoms with Gasteiger partial charge in [-0.05, 0) is 42.5 Å². The smallest absolute Gasteiger partial charge is 0.416 e. The molecule has 0 spiro atoms. The first kappa shape index (κ1) is 21.0. The maximum Gasteiger partial charge on any atom is 0.416 e. The molecular weight excluding hydrogens is 431 g/mol. The average Bonchev–Trinajstić information content (AvgIpc) is 3.16. The summed E-state index contributed by atoms with van der Waals surface area (Å²) in [6.45, 7) is 0. The van der Waals surface area contributed by atoms with Crippen LogP contribution in [-0.4, -0.2) is 29.0 Å². The van der Waals surface area contributed by atoms with Gasteiger partial charge >= 0.3 is 6.18 Å². The minimum absolute atomic E-state index is 0.00377. The molecule has 11 heteroatoms. The molecule has 6 nitrogen and oxygen atoms in total. The van der Waals surface area contributed by atoms with Crippen molar-refractivity contribution in [3.05, 3.63) is 53.1 Å². The summed E-state index contributed by atoms with van der Waals surface area (Å²) in [7, 11) is 1.55. The summed E-state index contributed by atoms with van der Waals surface area (Å²) in [5.74, 6) is 0.210. The van der Waals surface area contributed by atoms with Gasteiger partial charge in [0, 0.05) is 5.56 Å². The van der Waals surface area contributed by atoms with Gasteiger partial charge in [-0.25, -0.2) is 0 Å². The highest BCUT2D eigenvalue weighted by Gasteiger charge is 2.31. The minimum atomic E-state index is -4.54. The Labute approximate surface area is 172 Å². The lowest BCUT2D eigenvalue weighted by Crippen LogP contribution is -2.15. The summed E-state index contributed by atoms with van der Waals surface area (Å²) < 4.78 is 48.9. The number of thioether (sulfide) groups is 1. The normalized spacial score (nSPS) is 11.3. The molecular formula is C18H13ClF3N3O3S. The van der Waals surface area contributed by atoms with Crippen LogP contribution < -0.4 is 10.1 Å². The van der Waals surface area contributed by atoms with Crippen LogP contribution in [0.1, 0.15) is 5.56 Å². The van der Waals surface area contributed by atoms with Crippen molar-refractivity contribution >= 4 is 35.0 Å². The van der Waals surface area contributed by atoms with E-state index in [2.05, 4.69) is 15.5 Å². The number of halogens is 4. The first-order valence-electron chi connectivity index (χ1n) is 8.03. The van der Waals surface area contributed by atoms with E-state index >= 15 is 0 Å². The van der Waals surface area contributed by atoms with E-state index in [1.54, 1.807) is 31.4 Å². The number of nitrogens with zero attached hydrogens (tertiary/aromatic N) is 2. The second-order valence-electron chi connectivity index (χ2n) is 5.63. The number of carbonyl (C=O) groups excluding carboxylic acids is 1. The molecule has 1 heterocycles. The minimum Gasteiger partial charge on any atom is -0.497 e. The van der Waals surface area contributed by atoms with Gasteiger partial charge in [-0.15, -0.1) is 10.2 Å². The maximum absolute atomic E-state index is 12.8. The van der Waals surface area contributed by atoms with Crippen molar-refractivity contribution in [1.29, 1.82) is 0 Å². The third kappa shape index (κ3) is 5.42. The standard InChI is InChI=1S/C18H13ClF3N3O3S/c1-27-12-5-2-10(3-6-12)16-24-25-17(28-16)29-9-15(26)23-14-8-11(18(20,21)22)4-7-13(14)19/h2-8H,9H2,1H3,(H,23,26). The van der Waals surface area contributed by atoms with Gasteiger partial charge in [-0.2, -0.15) is 13.2 Å². The zero-order valence-electron chi connectivity index (χ0n) is 14.8. The molecule has 0 radical (unpaired) electrons. The summed E-state index contributed by atoms with van der Waals surface area (Å²) in [5.41, 5.74) is -0.368. The topological polar surface area (TPSA) is 77.2 Å². The van der Waals surface area contributed by atoms with E-state index < -0.39 is 17.6 Å². The van der Waals surface area contributed by atoms with Crippen molar-refractivity contribution in [2.75, 3.05) is 18.2 Å². The number of alkyl halides is 3. The van der Waals surface area contributed by atoms with Gasteiger partial charge < -0.3 is 14.5 Å². The Kier molecular flexibility index (Phi) is 6.33. The van der Waals surface area contributed by atoms with Crippen molar-refractivity contribution in [3.63, 3.8) is 0 Å². The van der Waals surface area contributed by atoms with Crippen LogP contribution in [0.4, 0.5) is 18.9 Å². The van der Waals surface area contributed by atoms with E-state index in [4.69, 9.17) is 20.8 Å². The van der Waals surface area contributed by atoms with Crippen LogP contribution in [0.25, 0.3) is 11.5 Å². The van der Waals surface area contributed by atoms with Crippen LogP contribution in [0.5, 0.6) is 5.75 Å². The Balaban J connectivity index is 1.61. The second-order valence-corrected chi connectivity index (χ2v) is 6.96. The van der Waals surface area contributed by atoms with Gasteiger partial charge in [0.05, 0.1) is 29.1 Å². The van der Waals surface area contributed by atoms with Crippen LogP contribution in [0.15, 0.2) is 52.1 Å². The molecule has 0 saturated carbocycles. The molecule has 0 unspecified atom stereocenters. The van der Waals surface area contributed by atoms with E-state index in [9.17, 15) is 18.0 Å². The van der Waals surface area contributed by atoms with E-state index in [0.717, 1.165) is 30.0 Å². The van der Waals surface area contributed by atoms with Crippen molar-refractivity contribution in [2.45, 2.75) is 11.4 Å². The van der Waals surface area contributed by atoms with Gasteiger partial charge in [0.25, 0.3) is 5.22 Å². The van der Waals surface area contributed by atoms with Gasteiger partial charge in [0.15, 0.2) is 0 Å². The molecule has 0 saturated heterocycles. The monoisotopic (exact) mass is 443 g/mol. The maximum atomic E-state index is 12.8. The van der Waals surface area contributed by atoms with Crippen LogP contribution in [0.3, 0.4) is 0 Å². The van der Waals surface area contributed by atoms with Crippen LogP contribution in [-0.2, 0) is 11.0 Å². The van der Waals surface area contributed by atoms with Crippen molar-refractivity contribution in [2.24, 2.45) is 0 Å². The molecule has 1 aromatic heterocycles. The molecule has 152 valence electrons. The zero-order valence-corrected chi connectivity index (χ0v) is 16.4. The summed E-state index contributed by atoms with van der Waals surface area (Å²) >= 11 is 6.81. The van der Waals surface area contributed by atoms with Crippen molar-refractivity contribution in [1.82, 2.24) is 10.2 Å². The largest absolute Gasteiger partial charge is 0.497 e. The lowest BCUT2D eigenvalue weighted by atomic mass is 10.2. The van der Waals surface area contributed by atoms with Gasteiger partial charge in [-0.3, -0.25) is 4.79 Å². The average molecular weight is 444 g/mol. The predicted octanol–water partition coefficient (Wildman–Crippen LogP) is 5.15. The van der Waals surface area contributed by atoms with Crippen LogP contribution in [0.2, 0.25) is 5.02 Å². The van der Waals surface area contributed by atoms with E-state index in [-0.39, 0.29) is 27.6 Å². The number of anilines is 1. The number of carbonyl (C=O) groups is 1. The molecule has 1 amide bonds. The predicted molar refractivity (Wildman–Crippen MR) is 102 cm³/mol. The Morgan fingerprint density at radius 1 is 1.21 bits per heavy atom. The number of hydrogen-bond donors (Lipinski definition) is 1. The van der Waals surface area contributed by atoms with E-state index in [1.165, 1.54) is 0 Å². The molecule has 29 heavy (non-hydrogen) atoms. The number of ether oxygens (including phenoxy) is 1. The number of hydrogen-bond acceptors (Lipinski definition) is 6. The van der Waals surface area contributed by atoms with Crippen molar-refractivity contribution in [3.8, 4) is 17.2 Å². The molecule has 0 atom stereocenters. The van der Waals surface area contributed by atoms with E-state index in [1.807, 2.05) is 0 Å². The first-order chi connectivity index (χ1) is 13.8. The fourth-order valence-electron chi connectivity index (χ4n) is 2.23. The fraction of sp³-hybridized carbons (Fsp3) is 0.167. The molecule has 3 rings (SSSR count). The second kappa shape index (κ2) is 8.75. The fourth-order valence-corrected chi connectivity index (χ4v) is 2.96. The number of rotatable bonds is 6. The molecule has 2 aromatic carbocycles. The summed E-state index contributed by atoms with van der Waals surface area (Å²) in [5, 5.41) is 10.2. The summed E-state index contributed by atoms with van der Waals surface area (Å²) in [4.78, 5) is 12.1. The highest BCUT2D eigenvalue weighted by Crippen LogP contribution is 2.34. The number of aromatic nitrogens is 2. The van der Waals surface area contributed by atoms with Crippen molar-refractivity contribution < 1.29 is 27.1 Å². The molecule has 0 fully saturated rings. The van der Waals surface area contributed by atoms with Crippen LogP contribution >= 0.6 is 23.4 Å². The lowest BCUT2D eigenvalue weighted by molar-refractivity contribution is -0.137. The third-order valence-corrected chi connectivity index (χ3v) is 4.79. The first-order valence-corrected chi connectivity index (χ1v) is 9.40. The van der Waals surface area contributed by atoms with Gasteiger partial charge in [0.1, 0.15) is 5.75 Å². The number of benzene rings is 2. The SMILES string of the molecule is COc1ccc(-c2nnc(SCC(=O)Nc3cc(C(F)(F)F)ccc3Cl)o2)cc1. The summed E-state index contributed by atoms with van der Waals surface area (Å²) in [6, 6.07) is 9.64. The number of nitrogens with one attached hydrogen (secondary N) is 1. The molecule has 0 aliphatic carbocycles. The quantitative estimate of drug-likeness (QED) is 0.531. The Bertz CT molecular complexity index is 1010. The zero-order chi connectivity index (χ0) is 21.0. The van der Waals surface area contributed by atoms with Gasteiger partial charge in [-0.1, -0.05) is 23.4 Å². The Morgan fingerprint density at radius 3 is 2.59 bits per heavy atom. The molecule has 0 aliphatic rings. The Morgan fingerprint density at radius 2 is 1.93 bits per heavy atom. The molecule has 0 aliphatic heterocycles. The summed E-state index contributed by atoms with van der Waals surface area (Å²) in [6.07, 6.45) is -4.54. The number of amides is 1. The number of methoxy groups -OCH3 is 1. The molecule has 0 bridgehead atoms. The van der Waals surface area contributed by atoms with E-state index in [0.29, 0.717) is 11.3 Å². The van der Waals surface area contributed by atoms with Gasteiger partial charge in [0.2, 0.25) is 11.8 Å². The molecule has 3 aromatic rings. The molecule has 1 N–H and O–H groups in total. The third-order valence-electron chi connectivity index (χ3n) is 3.64. The lowest BCUT2D eigenvalue weighted by Gasteiger charge is -2.11.